The Hall–Kier alpha value is -2.51. The van der Waals surface area contributed by atoms with Gasteiger partial charge >= 0.3 is 0 Å². The summed E-state index contributed by atoms with van der Waals surface area (Å²) in [6, 6.07) is 5.89. The average molecular weight is 351 g/mol. The van der Waals surface area contributed by atoms with Crippen LogP contribution in [0.1, 0.15) is 37.7 Å². The number of rotatable bonds is 0. The van der Waals surface area contributed by atoms with E-state index in [0.29, 0.717) is 5.02 Å². The Bertz CT molecular complexity index is 1040. The number of hydrogen-bond donors (Lipinski definition) is 0. The largest absolute Gasteiger partial charge is 0.301 e. The maximum atomic E-state index is 6.25. The minimum Gasteiger partial charge on any atom is -0.301 e. The normalized spacial score (nSPS) is 12.5. The van der Waals surface area contributed by atoms with Crippen molar-refractivity contribution in [3.63, 3.8) is 0 Å². The summed E-state index contributed by atoms with van der Waals surface area (Å²) in [5.41, 5.74) is 6.04. The van der Waals surface area contributed by atoms with Crippen molar-refractivity contribution in [1.82, 2.24) is 19.3 Å². The zero-order valence-corrected chi connectivity index (χ0v) is 15.5. The van der Waals surface area contributed by atoms with Gasteiger partial charge in [-0.05, 0) is 44.9 Å². The molecule has 3 aromatic rings. The van der Waals surface area contributed by atoms with Crippen LogP contribution < -0.4 is 0 Å². The maximum absolute atomic E-state index is 6.25. The third-order valence-electron chi connectivity index (χ3n) is 4.16. The van der Waals surface area contributed by atoms with Crippen LogP contribution >= 0.6 is 11.6 Å². The van der Waals surface area contributed by atoms with E-state index in [1.807, 2.05) is 36.3 Å². The summed E-state index contributed by atoms with van der Waals surface area (Å²) >= 11 is 6.25. The highest BCUT2D eigenvalue weighted by atomic mass is 35.5. The SMILES string of the molecule is Cn1cc2c(n1)-c1cc(Cl)ccc1-n1cnc(C#CC(C)(C)C)c1C2. The molecule has 0 aliphatic carbocycles. The molecule has 0 atom stereocenters. The molecule has 4 rings (SSSR count). The van der Waals surface area contributed by atoms with E-state index in [9.17, 15) is 0 Å². The summed E-state index contributed by atoms with van der Waals surface area (Å²) in [4.78, 5) is 4.57. The smallest absolute Gasteiger partial charge is 0.135 e. The first-order valence-corrected chi connectivity index (χ1v) is 8.62. The first-order chi connectivity index (χ1) is 11.8. The topological polar surface area (TPSA) is 35.6 Å². The van der Waals surface area contributed by atoms with Crippen molar-refractivity contribution >= 4 is 11.6 Å². The first kappa shape index (κ1) is 16.0. The van der Waals surface area contributed by atoms with Crippen LogP contribution in [-0.4, -0.2) is 19.3 Å². The number of nitrogens with zero attached hydrogens (tertiary/aromatic N) is 4. The van der Waals surface area contributed by atoms with Crippen molar-refractivity contribution in [3.8, 4) is 28.8 Å². The number of aryl methyl sites for hydroxylation is 1. The molecule has 3 heterocycles. The molecule has 1 aromatic carbocycles. The van der Waals surface area contributed by atoms with Crippen molar-refractivity contribution in [1.29, 1.82) is 0 Å². The predicted molar refractivity (Wildman–Crippen MR) is 99.9 cm³/mol. The van der Waals surface area contributed by atoms with Crippen molar-refractivity contribution in [2.75, 3.05) is 0 Å². The van der Waals surface area contributed by atoms with E-state index < -0.39 is 0 Å². The minimum absolute atomic E-state index is 0.0634. The Morgan fingerprint density at radius 3 is 2.80 bits per heavy atom. The van der Waals surface area contributed by atoms with Gasteiger partial charge in [-0.3, -0.25) is 4.68 Å². The summed E-state index contributed by atoms with van der Waals surface area (Å²) in [6.45, 7) is 6.31. The van der Waals surface area contributed by atoms with Gasteiger partial charge in [-0.25, -0.2) is 4.98 Å². The van der Waals surface area contributed by atoms with Crippen molar-refractivity contribution in [3.05, 3.63) is 52.7 Å². The molecular weight excluding hydrogens is 332 g/mol. The molecule has 0 amide bonds. The number of benzene rings is 1. The number of aromatic nitrogens is 4. The molecule has 1 aliphatic rings. The van der Waals surface area contributed by atoms with Crippen molar-refractivity contribution in [2.24, 2.45) is 12.5 Å². The highest BCUT2D eigenvalue weighted by Crippen LogP contribution is 2.36. The van der Waals surface area contributed by atoms with Crippen LogP contribution in [0.5, 0.6) is 0 Å². The fraction of sp³-hybridized carbons (Fsp3) is 0.300. The van der Waals surface area contributed by atoms with Crippen LogP contribution in [0.15, 0.2) is 30.7 Å². The van der Waals surface area contributed by atoms with E-state index in [0.717, 1.165) is 40.3 Å². The molecule has 5 heteroatoms. The maximum Gasteiger partial charge on any atom is 0.135 e. The van der Waals surface area contributed by atoms with Gasteiger partial charge in [0, 0.05) is 41.2 Å². The van der Waals surface area contributed by atoms with Gasteiger partial charge in [0.05, 0.1) is 17.1 Å². The van der Waals surface area contributed by atoms with Crippen LogP contribution in [0.25, 0.3) is 16.9 Å². The molecule has 25 heavy (non-hydrogen) atoms. The van der Waals surface area contributed by atoms with Crippen LogP contribution in [0.3, 0.4) is 0 Å². The second-order valence-electron chi connectivity index (χ2n) is 7.42. The lowest BCUT2D eigenvalue weighted by atomic mass is 9.97. The van der Waals surface area contributed by atoms with Crippen LogP contribution in [0, 0.1) is 17.3 Å². The fourth-order valence-electron chi connectivity index (χ4n) is 3.08. The highest BCUT2D eigenvalue weighted by molar-refractivity contribution is 6.31. The third kappa shape index (κ3) is 2.85. The molecule has 0 saturated carbocycles. The summed E-state index contributed by atoms with van der Waals surface area (Å²) in [5.74, 6) is 6.55. The van der Waals surface area contributed by atoms with E-state index >= 15 is 0 Å². The molecule has 0 saturated heterocycles. The molecule has 0 unspecified atom stereocenters. The van der Waals surface area contributed by atoms with E-state index in [1.54, 1.807) is 0 Å². The lowest BCUT2D eigenvalue weighted by Crippen LogP contribution is -2.02. The summed E-state index contributed by atoms with van der Waals surface area (Å²) in [6.07, 6.45) is 4.65. The van der Waals surface area contributed by atoms with E-state index in [2.05, 4.69) is 53.5 Å². The number of halogens is 1. The van der Waals surface area contributed by atoms with E-state index in [4.69, 9.17) is 11.6 Å². The molecule has 126 valence electrons. The number of imidazole rings is 1. The lowest BCUT2D eigenvalue weighted by Gasteiger charge is -2.09. The van der Waals surface area contributed by atoms with Gasteiger partial charge in [-0.2, -0.15) is 5.10 Å². The van der Waals surface area contributed by atoms with Gasteiger partial charge in [-0.15, -0.1) is 0 Å². The van der Waals surface area contributed by atoms with Crippen molar-refractivity contribution < 1.29 is 0 Å². The fourth-order valence-corrected chi connectivity index (χ4v) is 3.26. The second kappa shape index (κ2) is 5.50. The monoisotopic (exact) mass is 350 g/mol. The van der Waals surface area contributed by atoms with Gasteiger partial charge in [0.15, 0.2) is 0 Å². The Labute approximate surface area is 152 Å². The van der Waals surface area contributed by atoms with Gasteiger partial charge in [0.2, 0.25) is 0 Å². The lowest BCUT2D eigenvalue weighted by molar-refractivity contribution is 0.571. The molecule has 4 nitrogen and oxygen atoms in total. The summed E-state index contributed by atoms with van der Waals surface area (Å²) in [7, 11) is 1.94. The molecule has 0 spiro atoms. The third-order valence-corrected chi connectivity index (χ3v) is 4.39. The Balaban J connectivity index is 1.97. The Morgan fingerprint density at radius 2 is 2.04 bits per heavy atom. The summed E-state index contributed by atoms with van der Waals surface area (Å²) < 4.78 is 3.96. The number of hydrogen-bond acceptors (Lipinski definition) is 2. The molecule has 0 radical (unpaired) electrons. The zero-order valence-electron chi connectivity index (χ0n) is 14.8. The molecule has 0 bridgehead atoms. The quantitative estimate of drug-likeness (QED) is 0.445. The Morgan fingerprint density at radius 1 is 1.24 bits per heavy atom. The zero-order chi connectivity index (χ0) is 17.8. The van der Waals surface area contributed by atoms with Gasteiger partial charge in [0.1, 0.15) is 12.0 Å². The molecule has 2 aromatic heterocycles. The second-order valence-corrected chi connectivity index (χ2v) is 7.86. The predicted octanol–water partition coefficient (Wildman–Crippen LogP) is 4.23. The Kier molecular flexibility index (Phi) is 3.52. The van der Waals surface area contributed by atoms with E-state index in [1.165, 1.54) is 0 Å². The number of fused-ring (bicyclic) bond motifs is 5. The first-order valence-electron chi connectivity index (χ1n) is 8.24. The highest BCUT2D eigenvalue weighted by Gasteiger charge is 2.24. The van der Waals surface area contributed by atoms with Gasteiger partial charge < -0.3 is 4.57 Å². The van der Waals surface area contributed by atoms with Gasteiger partial charge in [-0.1, -0.05) is 17.5 Å². The standard InChI is InChI=1S/C20H19ClN4/c1-20(2,3)8-7-16-18-9-13-11-24(4)23-19(13)15-10-14(21)5-6-17(15)25(18)12-22-16/h5-6,10-12H,9H2,1-4H3. The average Bonchev–Trinajstić information content (AvgIpc) is 3.06. The van der Waals surface area contributed by atoms with Crippen LogP contribution in [0.2, 0.25) is 5.02 Å². The summed E-state index contributed by atoms with van der Waals surface area (Å²) in [5, 5.41) is 5.36. The van der Waals surface area contributed by atoms with Crippen molar-refractivity contribution in [2.45, 2.75) is 27.2 Å². The molecule has 0 fully saturated rings. The molecule has 1 aliphatic heterocycles. The van der Waals surface area contributed by atoms with E-state index in [-0.39, 0.29) is 5.41 Å². The minimum atomic E-state index is -0.0634. The van der Waals surface area contributed by atoms with Gasteiger partial charge in [0.25, 0.3) is 0 Å². The molecule has 0 N–H and O–H groups in total. The molecular formula is C20H19ClN4. The van der Waals surface area contributed by atoms with Crippen LogP contribution in [0.4, 0.5) is 0 Å². The van der Waals surface area contributed by atoms with Crippen LogP contribution in [-0.2, 0) is 13.5 Å².